The molecule has 0 aliphatic rings. The third-order valence-corrected chi connectivity index (χ3v) is 4.55. The van der Waals surface area contributed by atoms with Crippen molar-refractivity contribution in [3.05, 3.63) is 99.1 Å². The van der Waals surface area contributed by atoms with Crippen molar-refractivity contribution in [3.63, 3.8) is 0 Å². The van der Waals surface area contributed by atoms with Gasteiger partial charge in [-0.05, 0) is 53.1 Å². The number of nitro benzene ring substituents is 1. The number of carbonyl (C=O) groups excluding carboxylic acids is 1. The van der Waals surface area contributed by atoms with Crippen molar-refractivity contribution < 1.29 is 19.6 Å². The number of amides is 1. The van der Waals surface area contributed by atoms with Crippen LogP contribution < -0.4 is 5.32 Å². The Morgan fingerprint density at radius 2 is 1.73 bits per heavy atom. The maximum Gasteiger partial charge on any atom is 0.335 e. The normalized spacial score (nSPS) is 10.7. The zero-order valence-corrected chi connectivity index (χ0v) is 16.2. The minimum absolute atomic E-state index is 0.0464. The summed E-state index contributed by atoms with van der Waals surface area (Å²) in [5, 5.41) is 22.8. The summed E-state index contributed by atoms with van der Waals surface area (Å²) in [5.41, 5.74) is 2.36. The van der Waals surface area contributed by atoms with Gasteiger partial charge in [0.2, 0.25) is 5.91 Å². The van der Waals surface area contributed by atoms with Gasteiger partial charge in [0, 0.05) is 17.8 Å². The third kappa shape index (κ3) is 4.89. The highest BCUT2D eigenvalue weighted by molar-refractivity contribution is 6.32. The molecule has 30 heavy (non-hydrogen) atoms. The van der Waals surface area contributed by atoms with Crippen molar-refractivity contribution in [1.82, 2.24) is 0 Å². The van der Waals surface area contributed by atoms with E-state index in [0.29, 0.717) is 22.4 Å². The molecule has 3 rings (SSSR count). The molecule has 0 atom stereocenters. The number of carbonyl (C=O) groups is 2. The second kappa shape index (κ2) is 9.02. The topological polar surface area (TPSA) is 110 Å². The largest absolute Gasteiger partial charge is 0.478 e. The number of anilines is 1. The van der Waals surface area contributed by atoms with Crippen LogP contribution in [0.15, 0.2) is 72.8 Å². The average molecular weight is 423 g/mol. The van der Waals surface area contributed by atoms with Crippen molar-refractivity contribution in [3.8, 4) is 11.1 Å². The number of carboxylic acid groups (broad SMARTS) is 1. The molecule has 0 fully saturated rings. The molecule has 0 spiro atoms. The highest BCUT2D eigenvalue weighted by Gasteiger charge is 2.14. The summed E-state index contributed by atoms with van der Waals surface area (Å²) >= 11 is 5.88. The summed E-state index contributed by atoms with van der Waals surface area (Å²) in [6.45, 7) is 0. The van der Waals surface area contributed by atoms with Crippen molar-refractivity contribution in [2.24, 2.45) is 0 Å². The van der Waals surface area contributed by atoms with Crippen LogP contribution in [0.4, 0.5) is 11.4 Å². The van der Waals surface area contributed by atoms with E-state index < -0.39 is 16.8 Å². The number of rotatable bonds is 6. The van der Waals surface area contributed by atoms with E-state index in [4.69, 9.17) is 16.7 Å². The number of halogens is 1. The van der Waals surface area contributed by atoms with Gasteiger partial charge in [-0.2, -0.15) is 0 Å². The van der Waals surface area contributed by atoms with Crippen LogP contribution in [-0.2, 0) is 4.79 Å². The van der Waals surface area contributed by atoms with Gasteiger partial charge in [0.25, 0.3) is 5.69 Å². The molecule has 150 valence electrons. The van der Waals surface area contributed by atoms with Gasteiger partial charge in [-0.1, -0.05) is 41.9 Å². The van der Waals surface area contributed by atoms with Crippen molar-refractivity contribution >= 4 is 40.9 Å². The lowest BCUT2D eigenvalue weighted by atomic mass is 9.99. The molecule has 0 aliphatic carbocycles. The van der Waals surface area contributed by atoms with Crippen LogP contribution in [0.2, 0.25) is 5.02 Å². The lowest BCUT2D eigenvalue weighted by Crippen LogP contribution is -2.08. The summed E-state index contributed by atoms with van der Waals surface area (Å²) in [5.74, 6) is -1.46. The Hall–Kier alpha value is -3.97. The molecule has 0 saturated heterocycles. The van der Waals surface area contributed by atoms with E-state index in [2.05, 4.69) is 5.32 Å². The molecule has 3 aromatic rings. The summed E-state index contributed by atoms with van der Waals surface area (Å²) in [7, 11) is 0. The van der Waals surface area contributed by atoms with Crippen LogP contribution in [0.25, 0.3) is 17.2 Å². The Morgan fingerprint density at radius 1 is 1.03 bits per heavy atom. The standard InChI is InChI=1S/C22H15ClN2O5/c23-19-11-7-16(13-20(19)25(29)30)18-4-2-1-3-14(18)8-12-21(26)24-17-9-5-15(6-10-17)22(27)28/h1-13H,(H,24,26)(H,27,28). The van der Waals surface area contributed by atoms with E-state index in [1.165, 1.54) is 42.5 Å². The van der Waals surface area contributed by atoms with Gasteiger partial charge < -0.3 is 10.4 Å². The van der Waals surface area contributed by atoms with Crippen molar-refractivity contribution in [2.45, 2.75) is 0 Å². The lowest BCUT2D eigenvalue weighted by Gasteiger charge is -2.07. The fourth-order valence-electron chi connectivity index (χ4n) is 2.77. The van der Waals surface area contributed by atoms with Crippen LogP contribution >= 0.6 is 11.6 Å². The SMILES string of the molecule is O=C(C=Cc1ccccc1-c1ccc(Cl)c([N+](=O)[O-])c1)Nc1ccc(C(=O)O)cc1. The predicted octanol–water partition coefficient (Wildman–Crippen LogP) is 5.27. The molecule has 7 nitrogen and oxygen atoms in total. The molecule has 2 N–H and O–H groups in total. The zero-order chi connectivity index (χ0) is 21.7. The fourth-order valence-corrected chi connectivity index (χ4v) is 2.96. The van der Waals surface area contributed by atoms with E-state index >= 15 is 0 Å². The first-order valence-corrected chi connectivity index (χ1v) is 9.08. The van der Waals surface area contributed by atoms with Crippen molar-refractivity contribution in [2.75, 3.05) is 5.32 Å². The first-order valence-electron chi connectivity index (χ1n) is 8.71. The Kier molecular flexibility index (Phi) is 6.24. The molecule has 0 bridgehead atoms. The van der Waals surface area contributed by atoms with Gasteiger partial charge in [-0.15, -0.1) is 0 Å². The molecule has 8 heteroatoms. The molecule has 0 unspecified atom stereocenters. The third-order valence-electron chi connectivity index (χ3n) is 4.23. The predicted molar refractivity (Wildman–Crippen MR) is 115 cm³/mol. The first-order chi connectivity index (χ1) is 14.3. The van der Waals surface area contributed by atoms with Crippen LogP contribution in [0.3, 0.4) is 0 Å². The minimum atomic E-state index is -1.05. The number of hydrogen-bond donors (Lipinski definition) is 2. The fraction of sp³-hybridized carbons (Fsp3) is 0. The van der Waals surface area contributed by atoms with Gasteiger partial charge in [-0.25, -0.2) is 4.79 Å². The number of benzene rings is 3. The van der Waals surface area contributed by atoms with Gasteiger partial charge in [0.05, 0.1) is 10.5 Å². The Morgan fingerprint density at radius 3 is 2.40 bits per heavy atom. The maximum absolute atomic E-state index is 12.2. The number of aromatic carboxylic acids is 1. The first kappa shape index (κ1) is 20.8. The van der Waals surface area contributed by atoms with Crippen LogP contribution in [0, 0.1) is 10.1 Å². The molecule has 0 aromatic heterocycles. The Bertz CT molecular complexity index is 1160. The molecule has 0 radical (unpaired) electrons. The zero-order valence-electron chi connectivity index (χ0n) is 15.4. The Labute approximate surface area is 176 Å². The number of nitrogens with one attached hydrogen (secondary N) is 1. The van der Waals surface area contributed by atoms with E-state index in [9.17, 15) is 19.7 Å². The van der Waals surface area contributed by atoms with Crippen LogP contribution in [0.1, 0.15) is 15.9 Å². The number of nitrogens with zero attached hydrogens (tertiary/aromatic N) is 1. The molecular weight excluding hydrogens is 408 g/mol. The highest BCUT2D eigenvalue weighted by atomic mass is 35.5. The van der Waals surface area contributed by atoms with Gasteiger partial charge >= 0.3 is 5.97 Å². The van der Waals surface area contributed by atoms with Gasteiger partial charge in [-0.3, -0.25) is 14.9 Å². The average Bonchev–Trinajstić information content (AvgIpc) is 2.73. The summed E-state index contributed by atoms with van der Waals surface area (Å²) in [6, 6.07) is 17.4. The highest BCUT2D eigenvalue weighted by Crippen LogP contribution is 2.32. The number of nitro groups is 1. The van der Waals surface area contributed by atoms with Crippen molar-refractivity contribution in [1.29, 1.82) is 0 Å². The summed E-state index contributed by atoms with van der Waals surface area (Å²) in [4.78, 5) is 33.7. The molecule has 0 heterocycles. The minimum Gasteiger partial charge on any atom is -0.478 e. The molecule has 3 aromatic carbocycles. The van der Waals surface area contributed by atoms with Gasteiger partial charge in [0.15, 0.2) is 0 Å². The van der Waals surface area contributed by atoms with E-state index in [1.807, 2.05) is 0 Å². The molecule has 0 saturated carbocycles. The maximum atomic E-state index is 12.2. The van der Waals surface area contributed by atoms with E-state index in [0.717, 1.165) is 0 Å². The van der Waals surface area contributed by atoms with Crippen LogP contribution in [-0.4, -0.2) is 21.9 Å². The second-order valence-corrected chi connectivity index (χ2v) is 6.62. The molecule has 1 amide bonds. The Balaban J connectivity index is 1.81. The summed E-state index contributed by atoms with van der Waals surface area (Å²) < 4.78 is 0. The number of hydrogen-bond acceptors (Lipinski definition) is 4. The van der Waals surface area contributed by atoms with E-state index in [-0.39, 0.29) is 16.3 Å². The molecular formula is C22H15ClN2O5. The quantitative estimate of drug-likeness (QED) is 0.319. The van der Waals surface area contributed by atoms with E-state index in [1.54, 1.807) is 36.4 Å². The van der Waals surface area contributed by atoms with Gasteiger partial charge in [0.1, 0.15) is 5.02 Å². The molecule has 0 aliphatic heterocycles. The smallest absolute Gasteiger partial charge is 0.335 e. The summed E-state index contributed by atoms with van der Waals surface area (Å²) in [6.07, 6.45) is 2.92. The van der Waals surface area contributed by atoms with Crippen LogP contribution in [0.5, 0.6) is 0 Å². The second-order valence-electron chi connectivity index (χ2n) is 6.22. The lowest BCUT2D eigenvalue weighted by molar-refractivity contribution is -0.384. The number of carboxylic acids is 1. The monoisotopic (exact) mass is 422 g/mol.